The molecule has 0 fully saturated rings. The van der Waals surface area contributed by atoms with Crippen molar-refractivity contribution in [1.82, 2.24) is 9.97 Å². The minimum atomic E-state index is -5.16. The average Bonchev–Trinajstić information content (AvgIpc) is 3.74. The molecule has 0 aliphatic rings. The summed E-state index contributed by atoms with van der Waals surface area (Å²) < 4.78 is 107. The quantitative estimate of drug-likeness (QED) is 0.0706. The van der Waals surface area contributed by atoms with Gasteiger partial charge in [0.1, 0.15) is 51.7 Å². The Morgan fingerprint density at radius 1 is 0.603 bits per heavy atom. The molecule has 2 aromatic heterocycles. The molecule has 7 aromatic rings. The summed E-state index contributed by atoms with van der Waals surface area (Å²) in [5, 5.41) is 17.0. The van der Waals surface area contributed by atoms with Crippen LogP contribution >= 0.6 is 22.7 Å². The summed E-state index contributed by atoms with van der Waals surface area (Å²) in [6, 6.07) is 20.7. The molecule has 0 unspecified atom stereocenters. The number of hydrogen-bond acceptors (Lipinski definition) is 19. The molecule has 0 saturated heterocycles. The Labute approximate surface area is 405 Å². The standard InChI is InChI=1S/C33H24N8O9S5.3Na/c1-16-5-11-23-30(31(16)55(48,49)50)52-33(37-23)18-8-12-22-25(13-18)51-32(36-22)17-6-9-19(10-7-17)38-41-29-27(34)24(15-26(28(29)35)54(45,46)47)40-39-20-3-2-4-21(14-20)53(42,43)44;;;/h2-15H,34-35H2,1H3,(H,42,43,44)(H,45,46,47)(H,48,49,50);;;/q;3*+1/p-3. The molecule has 0 aliphatic heterocycles. The summed E-state index contributed by atoms with van der Waals surface area (Å²) in [5.74, 6) is 0. The van der Waals surface area contributed by atoms with Gasteiger partial charge < -0.3 is 25.1 Å². The van der Waals surface area contributed by atoms with E-state index in [-0.39, 0.29) is 122 Å². The maximum absolute atomic E-state index is 12.0. The fraction of sp³-hybridized carbons (Fsp3) is 0.0303. The van der Waals surface area contributed by atoms with Crippen LogP contribution in [0.1, 0.15) is 5.56 Å². The van der Waals surface area contributed by atoms with Crippen molar-refractivity contribution in [3.05, 3.63) is 90.5 Å². The molecule has 0 saturated carbocycles. The van der Waals surface area contributed by atoms with Gasteiger partial charge in [-0.3, -0.25) is 0 Å². The Morgan fingerprint density at radius 2 is 1.22 bits per heavy atom. The first-order valence-electron chi connectivity index (χ1n) is 15.3. The molecule has 0 amide bonds. The van der Waals surface area contributed by atoms with Gasteiger partial charge in [0, 0.05) is 11.1 Å². The molecule has 0 atom stereocenters. The van der Waals surface area contributed by atoms with Gasteiger partial charge in [-0.15, -0.1) is 32.9 Å². The molecule has 280 valence electrons. The van der Waals surface area contributed by atoms with E-state index in [0.717, 1.165) is 39.8 Å². The summed E-state index contributed by atoms with van der Waals surface area (Å²) in [6.07, 6.45) is 0. The maximum atomic E-state index is 12.0. The maximum Gasteiger partial charge on any atom is 1.00 e. The first-order chi connectivity index (χ1) is 25.9. The number of aromatic nitrogens is 2. The van der Waals surface area contributed by atoms with Crippen molar-refractivity contribution in [1.29, 1.82) is 0 Å². The summed E-state index contributed by atoms with van der Waals surface area (Å²) in [6.45, 7) is 1.56. The predicted molar refractivity (Wildman–Crippen MR) is 202 cm³/mol. The van der Waals surface area contributed by atoms with Crippen molar-refractivity contribution >= 4 is 108 Å². The van der Waals surface area contributed by atoms with Crippen molar-refractivity contribution in [2.24, 2.45) is 20.5 Å². The van der Waals surface area contributed by atoms with Gasteiger partial charge in [-0.1, -0.05) is 12.1 Å². The third-order valence-electron chi connectivity index (χ3n) is 7.94. The van der Waals surface area contributed by atoms with Crippen LogP contribution in [0.5, 0.6) is 0 Å². The van der Waals surface area contributed by atoms with E-state index >= 15 is 0 Å². The zero-order valence-electron chi connectivity index (χ0n) is 30.6. The Morgan fingerprint density at radius 3 is 1.88 bits per heavy atom. The third kappa shape index (κ3) is 10.3. The minimum Gasteiger partial charge on any atom is -0.744 e. The SMILES string of the molecule is Cc1ccc2nc(-c3ccc4nc(-c5ccc(N=Nc6c(N)c(N=Nc7cccc(S(=O)(=O)[O-])c7)cc(S(=O)(=O)[O-])c6N)cc5)sc4c3)sc2c1S(=O)(=O)[O-].[Na+].[Na+].[Na+]. The van der Waals surface area contributed by atoms with Crippen molar-refractivity contribution in [2.75, 3.05) is 11.5 Å². The van der Waals surface area contributed by atoms with Gasteiger partial charge in [0.15, 0.2) is 0 Å². The zero-order chi connectivity index (χ0) is 39.4. The van der Waals surface area contributed by atoms with Crippen LogP contribution < -0.4 is 100 Å². The Kier molecular flexibility index (Phi) is 15.4. The van der Waals surface area contributed by atoms with Crippen molar-refractivity contribution in [3.8, 4) is 21.1 Å². The Balaban J connectivity index is 0.00000248. The van der Waals surface area contributed by atoms with Gasteiger partial charge in [-0.2, -0.15) is 10.2 Å². The smallest absolute Gasteiger partial charge is 0.744 e. The first-order valence-corrected chi connectivity index (χ1v) is 21.2. The fourth-order valence-electron chi connectivity index (χ4n) is 5.33. The minimum absolute atomic E-state index is 0. The number of nitrogens with zero attached hydrogens (tertiary/aromatic N) is 6. The average molecular weight is 903 g/mol. The monoisotopic (exact) mass is 902 g/mol. The summed E-state index contributed by atoms with van der Waals surface area (Å²) >= 11 is 2.51. The van der Waals surface area contributed by atoms with Crippen LogP contribution in [-0.2, 0) is 30.4 Å². The van der Waals surface area contributed by atoms with Crippen LogP contribution in [0.25, 0.3) is 41.6 Å². The summed E-state index contributed by atoms with van der Waals surface area (Å²) in [4.78, 5) is 7.52. The number of anilines is 2. The number of fused-ring (bicyclic) bond motifs is 2. The van der Waals surface area contributed by atoms with Crippen LogP contribution in [0.4, 0.5) is 34.1 Å². The molecule has 0 bridgehead atoms. The van der Waals surface area contributed by atoms with Crippen LogP contribution in [-0.4, -0.2) is 48.9 Å². The number of nitrogens with two attached hydrogens (primary N) is 2. The number of rotatable bonds is 9. The molecule has 25 heteroatoms. The van der Waals surface area contributed by atoms with Gasteiger partial charge in [0.05, 0.1) is 57.9 Å². The van der Waals surface area contributed by atoms with E-state index in [1.54, 1.807) is 43.3 Å². The number of benzene rings is 5. The first kappa shape index (κ1) is 48.1. The normalized spacial score (nSPS) is 12.1. The molecular formula is C33H21N8Na3O9S5. The zero-order valence-corrected chi connectivity index (χ0v) is 40.7. The van der Waals surface area contributed by atoms with Crippen LogP contribution in [0.15, 0.2) is 120 Å². The second-order valence-electron chi connectivity index (χ2n) is 11.7. The predicted octanol–water partition coefficient (Wildman–Crippen LogP) is -1.73. The van der Waals surface area contributed by atoms with Gasteiger partial charge in [-0.05, 0) is 85.3 Å². The number of nitrogen functional groups attached to an aromatic ring is 2. The van der Waals surface area contributed by atoms with E-state index in [1.165, 1.54) is 23.5 Å². The van der Waals surface area contributed by atoms with E-state index in [2.05, 4.69) is 25.4 Å². The van der Waals surface area contributed by atoms with Gasteiger partial charge in [0.2, 0.25) is 0 Å². The van der Waals surface area contributed by atoms with Crippen molar-refractivity contribution < 1.29 is 128 Å². The molecule has 2 heterocycles. The Hall–Kier alpha value is -2.59. The van der Waals surface area contributed by atoms with Crippen LogP contribution in [0.2, 0.25) is 0 Å². The topological polar surface area (TPSA) is 299 Å². The molecule has 58 heavy (non-hydrogen) atoms. The summed E-state index contributed by atoms with van der Waals surface area (Å²) in [5.41, 5.74) is 13.6. The number of azo groups is 2. The molecule has 0 spiro atoms. The van der Waals surface area contributed by atoms with E-state index in [4.69, 9.17) is 16.5 Å². The van der Waals surface area contributed by atoms with E-state index in [9.17, 15) is 38.9 Å². The molecule has 0 radical (unpaired) electrons. The molecule has 5 aromatic carbocycles. The van der Waals surface area contributed by atoms with Gasteiger partial charge in [-0.25, -0.2) is 35.2 Å². The summed E-state index contributed by atoms with van der Waals surface area (Å²) in [7, 11) is -14.7. The Bertz CT molecular complexity index is 3130. The van der Waals surface area contributed by atoms with E-state index in [0.29, 0.717) is 36.9 Å². The van der Waals surface area contributed by atoms with Gasteiger partial charge in [0.25, 0.3) is 0 Å². The van der Waals surface area contributed by atoms with Crippen molar-refractivity contribution in [3.63, 3.8) is 0 Å². The number of hydrogen-bond donors (Lipinski definition) is 2. The second kappa shape index (κ2) is 18.6. The molecule has 0 aliphatic carbocycles. The molecule has 4 N–H and O–H groups in total. The van der Waals surface area contributed by atoms with Gasteiger partial charge >= 0.3 is 88.7 Å². The molecular weight excluding hydrogens is 882 g/mol. The van der Waals surface area contributed by atoms with E-state index < -0.39 is 45.8 Å². The largest absolute Gasteiger partial charge is 1.00 e. The number of thiazole rings is 2. The second-order valence-corrected chi connectivity index (χ2v) is 17.7. The fourth-order valence-corrected chi connectivity index (χ4v) is 9.75. The van der Waals surface area contributed by atoms with E-state index in [1.807, 2.05) is 18.2 Å². The van der Waals surface area contributed by atoms with Crippen LogP contribution in [0.3, 0.4) is 0 Å². The molecule has 17 nitrogen and oxygen atoms in total. The third-order valence-corrected chi connectivity index (χ3v) is 13.0. The molecule has 7 rings (SSSR count). The van der Waals surface area contributed by atoms with Crippen molar-refractivity contribution in [2.45, 2.75) is 21.6 Å². The van der Waals surface area contributed by atoms with Crippen LogP contribution in [0, 0.1) is 6.92 Å². The number of aryl methyl sites for hydroxylation is 1.